The Balaban J connectivity index is 2.65. The molecule has 0 radical (unpaired) electrons. The van der Waals surface area contributed by atoms with Crippen molar-refractivity contribution < 1.29 is 14.7 Å². The molecule has 0 aliphatic heterocycles. The van der Waals surface area contributed by atoms with Gasteiger partial charge in [-0.2, -0.15) is 0 Å². The lowest BCUT2D eigenvalue weighted by atomic mass is 10.3. The van der Waals surface area contributed by atoms with Gasteiger partial charge in [0.15, 0.2) is 0 Å². The van der Waals surface area contributed by atoms with Crippen LogP contribution < -0.4 is 5.32 Å². The van der Waals surface area contributed by atoms with Crippen molar-refractivity contribution >= 4 is 29.3 Å². The first-order valence-corrected chi connectivity index (χ1v) is 5.94. The summed E-state index contributed by atoms with van der Waals surface area (Å²) < 4.78 is 0. The van der Waals surface area contributed by atoms with Crippen molar-refractivity contribution in [3.63, 3.8) is 0 Å². The number of carboxylic acid groups (broad SMARTS) is 1. The van der Waals surface area contributed by atoms with Crippen LogP contribution in [-0.4, -0.2) is 35.1 Å². The molecule has 98 valence electrons. The maximum absolute atomic E-state index is 11.8. The molecule has 0 aliphatic carbocycles. The summed E-state index contributed by atoms with van der Waals surface area (Å²) in [4.78, 5) is 23.7. The highest BCUT2D eigenvalue weighted by Crippen LogP contribution is 2.13. The Hall–Kier alpha value is -1.75. The van der Waals surface area contributed by atoms with Crippen molar-refractivity contribution in [1.82, 2.24) is 4.90 Å². The van der Waals surface area contributed by atoms with Crippen LogP contribution in [0.1, 0.15) is 13.3 Å². The van der Waals surface area contributed by atoms with Gasteiger partial charge in [-0.3, -0.25) is 4.79 Å². The summed E-state index contributed by atoms with van der Waals surface area (Å²) in [5, 5.41) is 11.9. The number of carbonyl (C=O) groups excluding carboxylic acids is 1. The molecule has 2 amide bonds. The highest BCUT2D eigenvalue weighted by Gasteiger charge is 2.15. The zero-order chi connectivity index (χ0) is 13.5. The number of rotatable bonds is 5. The van der Waals surface area contributed by atoms with Crippen LogP contribution in [0.15, 0.2) is 24.3 Å². The third-order valence-electron chi connectivity index (χ3n) is 2.20. The Morgan fingerprint density at radius 2 is 1.94 bits per heavy atom. The van der Waals surface area contributed by atoms with Crippen molar-refractivity contribution in [3.8, 4) is 0 Å². The number of hydrogen-bond donors (Lipinski definition) is 2. The summed E-state index contributed by atoms with van der Waals surface area (Å²) in [6.45, 7) is 1.96. The maximum Gasteiger partial charge on any atom is 0.323 e. The number of carboxylic acids is 1. The third kappa shape index (κ3) is 4.63. The van der Waals surface area contributed by atoms with Gasteiger partial charge in [0.05, 0.1) is 0 Å². The van der Waals surface area contributed by atoms with E-state index in [1.165, 1.54) is 4.90 Å². The predicted molar refractivity (Wildman–Crippen MR) is 70.0 cm³/mol. The largest absolute Gasteiger partial charge is 0.480 e. The molecule has 0 atom stereocenters. The fraction of sp³-hybridized carbons (Fsp3) is 0.333. The number of anilines is 1. The molecule has 0 heterocycles. The number of urea groups is 1. The molecule has 0 aliphatic rings. The Morgan fingerprint density at radius 3 is 2.44 bits per heavy atom. The summed E-state index contributed by atoms with van der Waals surface area (Å²) in [7, 11) is 0. The summed E-state index contributed by atoms with van der Waals surface area (Å²) in [6.07, 6.45) is 0.696. The van der Waals surface area contributed by atoms with E-state index in [9.17, 15) is 9.59 Å². The van der Waals surface area contributed by atoms with Crippen LogP contribution in [0.4, 0.5) is 10.5 Å². The molecular weight excluding hydrogens is 256 g/mol. The minimum Gasteiger partial charge on any atom is -0.480 e. The molecule has 0 bridgehead atoms. The molecule has 6 heteroatoms. The van der Waals surface area contributed by atoms with E-state index in [-0.39, 0.29) is 6.54 Å². The van der Waals surface area contributed by atoms with Crippen molar-refractivity contribution in [2.45, 2.75) is 13.3 Å². The van der Waals surface area contributed by atoms with Crippen molar-refractivity contribution in [1.29, 1.82) is 0 Å². The van der Waals surface area contributed by atoms with Gasteiger partial charge in [-0.1, -0.05) is 18.5 Å². The van der Waals surface area contributed by atoms with Crippen molar-refractivity contribution in [2.75, 3.05) is 18.4 Å². The number of halogens is 1. The fourth-order valence-electron chi connectivity index (χ4n) is 1.42. The van der Waals surface area contributed by atoms with Crippen LogP contribution in [0, 0.1) is 0 Å². The van der Waals surface area contributed by atoms with E-state index in [1.807, 2.05) is 6.92 Å². The quantitative estimate of drug-likeness (QED) is 0.864. The Bertz CT molecular complexity index is 420. The summed E-state index contributed by atoms with van der Waals surface area (Å²) in [6, 6.07) is 6.19. The summed E-state index contributed by atoms with van der Waals surface area (Å²) in [5.41, 5.74) is 0.580. The second-order valence-corrected chi connectivity index (χ2v) is 4.19. The van der Waals surface area contributed by atoms with Crippen molar-refractivity contribution in [3.05, 3.63) is 29.3 Å². The Labute approximate surface area is 110 Å². The van der Waals surface area contributed by atoms with Crippen LogP contribution >= 0.6 is 11.6 Å². The van der Waals surface area contributed by atoms with Gasteiger partial charge in [-0.25, -0.2) is 4.79 Å². The second kappa shape index (κ2) is 6.86. The first kappa shape index (κ1) is 14.3. The average molecular weight is 271 g/mol. The monoisotopic (exact) mass is 270 g/mol. The third-order valence-corrected chi connectivity index (χ3v) is 2.45. The van der Waals surface area contributed by atoms with Crippen LogP contribution in [0.2, 0.25) is 5.02 Å². The summed E-state index contributed by atoms with van der Waals surface area (Å²) >= 11 is 5.73. The fourth-order valence-corrected chi connectivity index (χ4v) is 1.55. The SMILES string of the molecule is CCCN(CC(=O)O)C(=O)Nc1ccc(Cl)cc1. The van der Waals surface area contributed by atoms with Gasteiger partial charge < -0.3 is 15.3 Å². The number of aliphatic carboxylic acids is 1. The number of carbonyl (C=O) groups is 2. The van der Waals surface area contributed by atoms with Gasteiger partial charge >= 0.3 is 12.0 Å². The number of hydrogen-bond acceptors (Lipinski definition) is 2. The first-order chi connectivity index (χ1) is 8.52. The molecule has 0 spiro atoms. The second-order valence-electron chi connectivity index (χ2n) is 3.75. The van der Waals surface area contributed by atoms with E-state index < -0.39 is 12.0 Å². The highest BCUT2D eigenvalue weighted by atomic mass is 35.5. The topological polar surface area (TPSA) is 69.6 Å². The predicted octanol–water partition coefficient (Wildman–Crippen LogP) is 2.67. The summed E-state index contributed by atoms with van der Waals surface area (Å²) in [5.74, 6) is -1.03. The molecule has 18 heavy (non-hydrogen) atoms. The zero-order valence-electron chi connectivity index (χ0n) is 10.0. The minimum absolute atomic E-state index is 0.312. The molecule has 1 aromatic rings. The number of nitrogens with zero attached hydrogens (tertiary/aromatic N) is 1. The average Bonchev–Trinajstić information content (AvgIpc) is 2.31. The molecule has 0 saturated carbocycles. The molecule has 1 aromatic carbocycles. The van der Waals surface area contributed by atoms with E-state index in [1.54, 1.807) is 24.3 Å². The van der Waals surface area contributed by atoms with E-state index in [0.29, 0.717) is 23.7 Å². The van der Waals surface area contributed by atoms with E-state index in [4.69, 9.17) is 16.7 Å². The van der Waals surface area contributed by atoms with E-state index >= 15 is 0 Å². The smallest absolute Gasteiger partial charge is 0.323 e. The lowest BCUT2D eigenvalue weighted by Crippen LogP contribution is -2.39. The molecule has 0 saturated heterocycles. The molecule has 0 fully saturated rings. The molecular formula is C12H15ClN2O3. The number of nitrogens with one attached hydrogen (secondary N) is 1. The number of amides is 2. The Morgan fingerprint density at radius 1 is 1.33 bits per heavy atom. The molecule has 0 unspecified atom stereocenters. The van der Waals surface area contributed by atoms with Gasteiger partial charge in [-0.05, 0) is 30.7 Å². The standard InChI is InChI=1S/C12H15ClN2O3/c1-2-7-15(8-11(16)17)12(18)14-10-5-3-9(13)4-6-10/h3-6H,2,7-8H2,1H3,(H,14,18)(H,16,17). The Kier molecular flexibility index (Phi) is 5.45. The van der Waals surface area contributed by atoms with Crippen LogP contribution in [-0.2, 0) is 4.79 Å². The molecule has 1 rings (SSSR count). The van der Waals surface area contributed by atoms with Gasteiger partial charge in [0.2, 0.25) is 0 Å². The van der Waals surface area contributed by atoms with E-state index in [0.717, 1.165) is 0 Å². The molecule has 5 nitrogen and oxygen atoms in total. The lowest BCUT2D eigenvalue weighted by Gasteiger charge is -2.20. The highest BCUT2D eigenvalue weighted by molar-refractivity contribution is 6.30. The van der Waals surface area contributed by atoms with Crippen molar-refractivity contribution in [2.24, 2.45) is 0 Å². The minimum atomic E-state index is -1.03. The number of benzene rings is 1. The van der Waals surface area contributed by atoms with Crippen LogP contribution in [0.3, 0.4) is 0 Å². The van der Waals surface area contributed by atoms with Gasteiger partial charge in [0.1, 0.15) is 6.54 Å². The first-order valence-electron chi connectivity index (χ1n) is 5.56. The van der Waals surface area contributed by atoms with Crippen LogP contribution in [0.25, 0.3) is 0 Å². The zero-order valence-corrected chi connectivity index (χ0v) is 10.8. The normalized spacial score (nSPS) is 9.89. The van der Waals surface area contributed by atoms with E-state index in [2.05, 4.69) is 5.32 Å². The lowest BCUT2D eigenvalue weighted by molar-refractivity contribution is -0.137. The van der Waals surface area contributed by atoms with Gasteiger partial charge in [0, 0.05) is 17.3 Å². The van der Waals surface area contributed by atoms with Crippen LogP contribution in [0.5, 0.6) is 0 Å². The molecule has 2 N–H and O–H groups in total. The molecule has 0 aromatic heterocycles. The van der Waals surface area contributed by atoms with Gasteiger partial charge in [0.25, 0.3) is 0 Å². The maximum atomic E-state index is 11.8. The van der Waals surface area contributed by atoms with Gasteiger partial charge in [-0.15, -0.1) is 0 Å².